The highest BCUT2D eigenvalue weighted by Crippen LogP contribution is 2.43. The first-order chi connectivity index (χ1) is 11.8. The van der Waals surface area contributed by atoms with E-state index in [1.165, 1.54) is 0 Å². The van der Waals surface area contributed by atoms with E-state index in [4.69, 9.17) is 5.73 Å². The van der Waals surface area contributed by atoms with E-state index >= 15 is 0 Å². The first kappa shape index (κ1) is 18.7. The number of H-pyrrole nitrogens is 1. The molecule has 0 spiro atoms. The van der Waals surface area contributed by atoms with Gasteiger partial charge in [0.1, 0.15) is 10.4 Å². The molecule has 0 aliphatic carbocycles. The van der Waals surface area contributed by atoms with Crippen molar-refractivity contribution in [3.8, 4) is 0 Å². The lowest BCUT2D eigenvalue weighted by Gasteiger charge is -2.21. The zero-order valence-corrected chi connectivity index (χ0v) is 16.5. The van der Waals surface area contributed by atoms with Gasteiger partial charge in [0, 0.05) is 26.7 Å². The number of thiophene rings is 2. The summed E-state index contributed by atoms with van der Waals surface area (Å²) in [6.45, 7) is 3.18. The molecular weight excluding hydrogens is 437 g/mol. The van der Waals surface area contributed by atoms with Gasteiger partial charge in [-0.3, -0.25) is 0 Å². The summed E-state index contributed by atoms with van der Waals surface area (Å²) in [5.41, 5.74) is 8.01. The Hall–Kier alpha value is -1.10. The van der Waals surface area contributed by atoms with Gasteiger partial charge in [0.05, 0.1) is 12.1 Å². The molecule has 3 aromatic heterocycles. The molecule has 10 heteroatoms. The predicted octanol–water partition coefficient (Wildman–Crippen LogP) is 5.13. The molecule has 25 heavy (non-hydrogen) atoms. The van der Waals surface area contributed by atoms with Crippen LogP contribution in [0.2, 0.25) is 0 Å². The van der Waals surface area contributed by atoms with E-state index in [0.29, 0.717) is 36.0 Å². The highest BCUT2D eigenvalue weighted by Gasteiger charge is 2.37. The average molecular weight is 453 g/mol. The highest BCUT2D eigenvalue weighted by atomic mass is 79.9. The number of anilines is 1. The topological polar surface area (TPSA) is 57.9 Å². The van der Waals surface area contributed by atoms with Gasteiger partial charge in [-0.2, -0.15) is 13.2 Å². The number of nitrogens with one attached hydrogen (secondary N) is 1. The number of alkyl halides is 3. The van der Waals surface area contributed by atoms with Crippen molar-refractivity contribution < 1.29 is 13.2 Å². The van der Waals surface area contributed by atoms with Gasteiger partial charge in [0.15, 0.2) is 0 Å². The fourth-order valence-corrected chi connectivity index (χ4v) is 5.08. The Kier molecular flexibility index (Phi) is 5.42. The van der Waals surface area contributed by atoms with Crippen LogP contribution in [-0.4, -0.2) is 23.1 Å². The van der Waals surface area contributed by atoms with E-state index in [9.17, 15) is 13.2 Å². The molecule has 0 aromatic carbocycles. The van der Waals surface area contributed by atoms with Crippen LogP contribution >= 0.6 is 38.6 Å². The minimum absolute atomic E-state index is 0.124. The Bertz CT molecular complexity index is 839. The second-order valence-corrected chi connectivity index (χ2v) is 8.23. The third kappa shape index (κ3) is 3.86. The number of hydrogen-bond acceptors (Lipinski definition) is 5. The number of fused-ring (bicyclic) bond motifs is 1. The lowest BCUT2D eigenvalue weighted by atomic mass is 10.2. The molecule has 0 amide bonds. The van der Waals surface area contributed by atoms with Crippen molar-refractivity contribution in [1.29, 1.82) is 0 Å². The predicted molar refractivity (Wildman–Crippen MR) is 100 cm³/mol. The van der Waals surface area contributed by atoms with Crippen LogP contribution in [0.25, 0.3) is 11.0 Å². The van der Waals surface area contributed by atoms with Gasteiger partial charge in [-0.25, -0.2) is 4.98 Å². The van der Waals surface area contributed by atoms with Gasteiger partial charge >= 0.3 is 6.18 Å². The van der Waals surface area contributed by atoms with Crippen LogP contribution in [0.1, 0.15) is 21.7 Å². The summed E-state index contributed by atoms with van der Waals surface area (Å²) in [5.74, 6) is 0.656. The quantitative estimate of drug-likeness (QED) is 0.544. The number of nitrogens with two attached hydrogens (primary N) is 1. The molecule has 0 unspecified atom stereocenters. The fourth-order valence-electron chi connectivity index (χ4n) is 2.47. The third-order valence-corrected chi connectivity index (χ3v) is 7.12. The normalized spacial score (nSPS) is 12.2. The van der Waals surface area contributed by atoms with Gasteiger partial charge in [-0.15, -0.1) is 22.7 Å². The van der Waals surface area contributed by atoms with Crippen molar-refractivity contribution in [2.45, 2.75) is 26.1 Å². The van der Waals surface area contributed by atoms with Crippen LogP contribution in [0.4, 0.5) is 19.1 Å². The van der Waals surface area contributed by atoms with Gasteiger partial charge in [-0.05, 0) is 41.4 Å². The molecule has 0 bridgehead atoms. The van der Waals surface area contributed by atoms with Crippen molar-refractivity contribution in [3.05, 3.63) is 30.6 Å². The minimum Gasteiger partial charge on any atom is -0.337 e. The smallest absolute Gasteiger partial charge is 0.337 e. The second kappa shape index (κ2) is 7.26. The molecule has 0 fully saturated rings. The van der Waals surface area contributed by atoms with Crippen LogP contribution in [0.5, 0.6) is 0 Å². The molecule has 0 saturated heterocycles. The monoisotopic (exact) mass is 452 g/mol. The Morgan fingerprint density at radius 2 is 2.12 bits per heavy atom. The molecule has 0 radical (unpaired) electrons. The maximum Gasteiger partial charge on any atom is 0.426 e. The highest BCUT2D eigenvalue weighted by molar-refractivity contribution is 9.10. The molecule has 0 saturated carbocycles. The number of nitrogens with zero attached hydrogens (tertiary/aromatic N) is 2. The molecule has 3 rings (SSSR count). The average Bonchev–Trinajstić information content (AvgIpc) is 3.19. The Morgan fingerprint density at radius 3 is 2.72 bits per heavy atom. The van der Waals surface area contributed by atoms with Crippen LogP contribution in [0, 0.1) is 6.92 Å². The molecule has 3 N–H and O–H groups in total. The molecule has 136 valence electrons. The van der Waals surface area contributed by atoms with Crippen molar-refractivity contribution in [1.82, 2.24) is 9.97 Å². The lowest BCUT2D eigenvalue weighted by Crippen LogP contribution is -2.26. The largest absolute Gasteiger partial charge is 0.426 e. The Morgan fingerprint density at radius 1 is 1.36 bits per heavy atom. The van der Waals surface area contributed by atoms with Crippen molar-refractivity contribution >= 4 is 55.6 Å². The first-order valence-electron chi connectivity index (χ1n) is 7.53. The summed E-state index contributed by atoms with van der Waals surface area (Å²) in [5, 5.41) is 3.90. The zero-order chi connectivity index (χ0) is 18.2. The Labute approximate surface area is 159 Å². The third-order valence-electron chi connectivity index (χ3n) is 3.81. The van der Waals surface area contributed by atoms with Crippen molar-refractivity contribution in [3.63, 3.8) is 0 Å². The molecule has 3 aromatic rings. The number of hydrogen-bond donors (Lipinski definition) is 2. The van der Waals surface area contributed by atoms with Gasteiger partial charge in [0.2, 0.25) is 5.95 Å². The zero-order valence-electron chi connectivity index (χ0n) is 13.3. The van der Waals surface area contributed by atoms with Crippen LogP contribution in [0.15, 0.2) is 15.2 Å². The number of halogens is 4. The number of aromatic amines is 1. The SMILES string of the molecule is Cc1c(CN(CCCN)c2nc3cscc3[nH]2)sc(C(F)(F)F)c1Br. The van der Waals surface area contributed by atoms with E-state index in [0.717, 1.165) is 28.8 Å². The van der Waals surface area contributed by atoms with Crippen LogP contribution < -0.4 is 10.6 Å². The molecule has 3 heterocycles. The van der Waals surface area contributed by atoms with E-state index in [-0.39, 0.29) is 4.47 Å². The maximum absolute atomic E-state index is 13.1. The number of aromatic nitrogens is 2. The summed E-state index contributed by atoms with van der Waals surface area (Å²) in [6.07, 6.45) is -3.63. The van der Waals surface area contributed by atoms with E-state index in [2.05, 4.69) is 25.9 Å². The summed E-state index contributed by atoms with van der Waals surface area (Å²) < 4.78 is 39.5. The second-order valence-electron chi connectivity index (χ2n) is 5.59. The van der Waals surface area contributed by atoms with E-state index in [1.807, 2.05) is 15.7 Å². The minimum atomic E-state index is -4.36. The van der Waals surface area contributed by atoms with Crippen LogP contribution in [-0.2, 0) is 12.7 Å². The summed E-state index contributed by atoms with van der Waals surface area (Å²) in [4.78, 5) is 9.78. The first-order valence-corrected chi connectivity index (χ1v) is 10.1. The standard InChI is InChI=1S/C15H16BrF3N4S2/c1-8-11(25-13(12(8)16)15(17,18)19)5-23(4-2-3-20)14-21-9-6-24-7-10(9)22-14/h6-7H,2-5,20H2,1H3,(H,21,22). The molecular formula is C15H16BrF3N4S2. The van der Waals surface area contributed by atoms with E-state index < -0.39 is 11.1 Å². The molecule has 0 atom stereocenters. The van der Waals surface area contributed by atoms with Crippen molar-refractivity contribution in [2.24, 2.45) is 5.73 Å². The van der Waals surface area contributed by atoms with Gasteiger partial charge in [-0.1, -0.05) is 0 Å². The van der Waals surface area contributed by atoms with Gasteiger partial charge < -0.3 is 15.6 Å². The fraction of sp³-hybridized carbons (Fsp3) is 0.400. The summed E-state index contributed by atoms with van der Waals surface area (Å²) in [7, 11) is 0. The Balaban J connectivity index is 1.92. The summed E-state index contributed by atoms with van der Waals surface area (Å²) in [6, 6.07) is 0. The van der Waals surface area contributed by atoms with Gasteiger partial charge in [0.25, 0.3) is 0 Å². The number of rotatable bonds is 6. The van der Waals surface area contributed by atoms with E-state index in [1.54, 1.807) is 18.3 Å². The number of imidazole rings is 1. The molecule has 0 aliphatic heterocycles. The molecule has 4 nitrogen and oxygen atoms in total. The van der Waals surface area contributed by atoms with Crippen LogP contribution in [0.3, 0.4) is 0 Å². The summed E-state index contributed by atoms with van der Waals surface area (Å²) >= 11 is 5.41. The molecule has 0 aliphatic rings. The maximum atomic E-state index is 13.1. The lowest BCUT2D eigenvalue weighted by molar-refractivity contribution is -0.134. The van der Waals surface area contributed by atoms with Crippen molar-refractivity contribution in [2.75, 3.05) is 18.0 Å².